The second kappa shape index (κ2) is 6.66. The molecule has 2 N–H and O–H groups in total. The first kappa shape index (κ1) is 15.9. The minimum Gasteiger partial charge on any atom is -0.382 e. The van der Waals surface area contributed by atoms with Gasteiger partial charge >= 0.3 is 0 Å². The number of anilines is 1. The van der Waals surface area contributed by atoms with Gasteiger partial charge in [-0.3, -0.25) is 9.20 Å². The molecule has 24 heavy (non-hydrogen) atoms. The van der Waals surface area contributed by atoms with Crippen LogP contribution in [0.3, 0.4) is 0 Å². The van der Waals surface area contributed by atoms with Crippen LogP contribution in [0.15, 0.2) is 43.1 Å². The van der Waals surface area contributed by atoms with Crippen LogP contribution in [-0.4, -0.2) is 15.7 Å². The van der Waals surface area contributed by atoms with Crippen LogP contribution in [0.2, 0.25) is 0 Å². The molecule has 1 saturated carbocycles. The Hall–Kier alpha value is -2.95. The van der Waals surface area contributed by atoms with Crippen molar-refractivity contribution in [3.05, 3.63) is 60.2 Å². The summed E-state index contributed by atoms with van der Waals surface area (Å²) in [7, 11) is 0. The first-order valence-corrected chi connectivity index (χ1v) is 7.79. The minimum absolute atomic E-state index is 0.172. The Morgan fingerprint density at radius 3 is 2.58 bits per heavy atom. The number of aldehydes is 1. The third kappa shape index (κ3) is 3.06. The molecule has 2 heterocycles. The molecule has 4 nitrogen and oxygen atoms in total. The first-order chi connectivity index (χ1) is 11.7. The second-order valence-electron chi connectivity index (χ2n) is 5.61. The summed E-state index contributed by atoms with van der Waals surface area (Å²) in [5.74, 6) is -0.173. The van der Waals surface area contributed by atoms with Gasteiger partial charge in [-0.25, -0.2) is 9.37 Å². The number of nitrogens with two attached hydrogens (primary N) is 1. The molecule has 1 fully saturated rings. The van der Waals surface area contributed by atoms with Gasteiger partial charge in [0, 0.05) is 11.8 Å². The van der Waals surface area contributed by atoms with E-state index in [9.17, 15) is 9.18 Å². The number of aromatic nitrogens is 2. The van der Waals surface area contributed by atoms with E-state index in [2.05, 4.69) is 11.6 Å². The Labute approximate surface area is 139 Å². The number of rotatable bonds is 3. The lowest BCUT2D eigenvalue weighted by atomic mass is 10.0. The topological polar surface area (TPSA) is 60.4 Å². The van der Waals surface area contributed by atoms with E-state index in [4.69, 9.17) is 5.73 Å². The van der Waals surface area contributed by atoms with Crippen molar-refractivity contribution in [1.82, 2.24) is 9.38 Å². The average Bonchev–Trinajstić information content (AvgIpc) is 3.42. The number of benzene rings is 1. The highest BCUT2D eigenvalue weighted by Crippen LogP contribution is 2.27. The van der Waals surface area contributed by atoms with Crippen molar-refractivity contribution in [2.45, 2.75) is 19.3 Å². The summed E-state index contributed by atoms with van der Waals surface area (Å²) in [5, 5.41) is 0. The van der Waals surface area contributed by atoms with E-state index in [0.29, 0.717) is 23.1 Å². The minimum atomic E-state index is -0.344. The van der Waals surface area contributed by atoms with Crippen molar-refractivity contribution in [3.8, 4) is 11.1 Å². The summed E-state index contributed by atoms with van der Waals surface area (Å²) in [4.78, 5) is 15.2. The lowest BCUT2D eigenvalue weighted by molar-refractivity contribution is 0.111. The fraction of sp³-hybridized carbons (Fsp3) is 0.158. The largest absolute Gasteiger partial charge is 0.382 e. The molecule has 3 aromatic rings. The number of hydrogen-bond donors (Lipinski definition) is 1. The Bertz CT molecular complexity index is 910. The van der Waals surface area contributed by atoms with Crippen molar-refractivity contribution in [1.29, 1.82) is 0 Å². The zero-order valence-corrected chi connectivity index (χ0v) is 13.2. The Morgan fingerprint density at radius 1 is 1.21 bits per heavy atom. The molecule has 0 bridgehead atoms. The van der Waals surface area contributed by atoms with Crippen molar-refractivity contribution in [3.63, 3.8) is 0 Å². The summed E-state index contributed by atoms with van der Waals surface area (Å²) in [5.41, 5.74) is 8.39. The molecule has 0 spiro atoms. The highest BCUT2D eigenvalue weighted by Gasteiger charge is 2.12. The molecule has 0 aliphatic heterocycles. The molecule has 5 heteroatoms. The molecule has 122 valence electrons. The van der Waals surface area contributed by atoms with E-state index < -0.39 is 0 Å². The number of pyridine rings is 1. The van der Waals surface area contributed by atoms with Crippen LogP contribution in [0, 0.1) is 5.82 Å². The number of carbonyl (C=O) groups is 1. The molecule has 0 amide bonds. The molecular weight excluding hydrogens is 305 g/mol. The summed E-state index contributed by atoms with van der Waals surface area (Å²) < 4.78 is 15.4. The van der Waals surface area contributed by atoms with Crippen LogP contribution in [0.1, 0.15) is 35.3 Å². The third-order valence-electron chi connectivity index (χ3n) is 3.72. The van der Waals surface area contributed by atoms with Crippen LogP contribution < -0.4 is 5.73 Å². The lowest BCUT2D eigenvalue weighted by Gasteiger charge is -2.08. The number of halogens is 1. The standard InChI is InChI=1S/C16H12FN3O.C3H6/c1-2-11-12(4-3-5-13(11)17)10-6-7-15-19-16(18)14(9-21)20(15)8-10;1-2-3-1/h2-9H,1,18H2;1-3H2. The quantitative estimate of drug-likeness (QED) is 0.729. The average molecular weight is 323 g/mol. The van der Waals surface area contributed by atoms with Crippen LogP contribution in [0.4, 0.5) is 10.2 Å². The smallest absolute Gasteiger partial charge is 0.170 e. The fourth-order valence-electron chi connectivity index (χ4n) is 2.35. The van der Waals surface area contributed by atoms with Gasteiger partial charge in [-0.15, -0.1) is 0 Å². The van der Waals surface area contributed by atoms with Gasteiger partial charge < -0.3 is 5.73 Å². The monoisotopic (exact) mass is 323 g/mol. The van der Waals surface area contributed by atoms with Gasteiger partial charge in [0.15, 0.2) is 12.1 Å². The van der Waals surface area contributed by atoms with Gasteiger partial charge in [0.25, 0.3) is 0 Å². The van der Waals surface area contributed by atoms with Gasteiger partial charge in [-0.1, -0.05) is 44.1 Å². The second-order valence-corrected chi connectivity index (χ2v) is 5.61. The molecule has 1 aromatic carbocycles. The van der Waals surface area contributed by atoms with Gasteiger partial charge in [0.1, 0.15) is 17.2 Å². The predicted octanol–water partition coefficient (Wildman–Crippen LogP) is 4.35. The maximum absolute atomic E-state index is 13.8. The van der Waals surface area contributed by atoms with Gasteiger partial charge in [-0.2, -0.15) is 0 Å². The maximum atomic E-state index is 13.8. The lowest BCUT2D eigenvalue weighted by Crippen LogP contribution is -1.96. The van der Waals surface area contributed by atoms with E-state index in [-0.39, 0.29) is 17.3 Å². The maximum Gasteiger partial charge on any atom is 0.170 e. The number of imidazole rings is 1. The highest BCUT2D eigenvalue weighted by atomic mass is 19.1. The van der Waals surface area contributed by atoms with Crippen LogP contribution in [0.25, 0.3) is 22.9 Å². The van der Waals surface area contributed by atoms with E-state index >= 15 is 0 Å². The zero-order valence-electron chi connectivity index (χ0n) is 13.2. The first-order valence-electron chi connectivity index (χ1n) is 7.79. The zero-order chi connectivity index (χ0) is 17.1. The molecule has 2 aromatic heterocycles. The van der Waals surface area contributed by atoms with E-state index in [1.165, 1.54) is 31.4 Å². The van der Waals surface area contributed by atoms with Gasteiger partial charge in [0.05, 0.1) is 0 Å². The number of nitrogens with zero attached hydrogens (tertiary/aromatic N) is 2. The number of fused-ring (bicyclic) bond motifs is 1. The Kier molecular flexibility index (Phi) is 4.42. The van der Waals surface area contributed by atoms with E-state index in [1.54, 1.807) is 34.9 Å². The molecule has 1 aliphatic rings. The molecule has 0 radical (unpaired) electrons. The molecule has 1 aliphatic carbocycles. The predicted molar refractivity (Wildman–Crippen MR) is 94.3 cm³/mol. The van der Waals surface area contributed by atoms with Crippen molar-refractivity contribution >= 4 is 23.8 Å². The summed E-state index contributed by atoms with van der Waals surface area (Å²) >= 11 is 0. The Balaban J connectivity index is 0.000000508. The molecule has 0 unspecified atom stereocenters. The SMILES string of the molecule is C1CC1.C=Cc1c(F)cccc1-c1ccc2nc(N)c(C=O)n2c1. The van der Waals surface area contributed by atoms with Gasteiger partial charge in [-0.05, 0) is 29.3 Å². The molecule has 0 atom stereocenters. The number of nitrogen functional groups attached to an aromatic ring is 1. The molecular formula is C19H18FN3O. The van der Waals surface area contributed by atoms with Gasteiger partial charge in [0.2, 0.25) is 0 Å². The van der Waals surface area contributed by atoms with Crippen LogP contribution in [0.5, 0.6) is 0 Å². The normalized spacial score (nSPS) is 12.4. The summed E-state index contributed by atoms with van der Waals surface area (Å²) in [6.07, 6.45) is 8.33. The summed E-state index contributed by atoms with van der Waals surface area (Å²) in [6, 6.07) is 8.34. The van der Waals surface area contributed by atoms with Crippen molar-refractivity contribution < 1.29 is 9.18 Å². The highest BCUT2D eigenvalue weighted by molar-refractivity contribution is 5.83. The third-order valence-corrected chi connectivity index (χ3v) is 3.72. The Morgan fingerprint density at radius 2 is 1.96 bits per heavy atom. The molecule has 4 rings (SSSR count). The number of carbonyl (C=O) groups excluding carboxylic acids is 1. The van der Waals surface area contributed by atoms with Crippen molar-refractivity contribution in [2.75, 3.05) is 5.73 Å². The van der Waals surface area contributed by atoms with Crippen molar-refractivity contribution in [2.24, 2.45) is 0 Å². The van der Waals surface area contributed by atoms with E-state index in [0.717, 1.165) is 5.56 Å². The van der Waals surface area contributed by atoms with E-state index in [1.807, 2.05) is 0 Å². The van der Waals surface area contributed by atoms with Crippen LogP contribution in [-0.2, 0) is 0 Å². The fourth-order valence-corrected chi connectivity index (χ4v) is 2.35. The molecule has 0 saturated heterocycles. The van der Waals surface area contributed by atoms with Crippen LogP contribution >= 0.6 is 0 Å². The number of hydrogen-bond acceptors (Lipinski definition) is 3. The summed E-state index contributed by atoms with van der Waals surface area (Å²) in [6.45, 7) is 3.64.